The van der Waals surface area contributed by atoms with Crippen molar-refractivity contribution < 1.29 is 14.7 Å². The lowest BCUT2D eigenvalue weighted by molar-refractivity contribution is -0.145. The predicted molar refractivity (Wildman–Crippen MR) is 74.0 cm³/mol. The van der Waals surface area contributed by atoms with Crippen molar-refractivity contribution in [3.05, 3.63) is 25.3 Å². The largest absolute Gasteiger partial charge is 0.480 e. The van der Waals surface area contributed by atoms with Crippen LogP contribution in [0.5, 0.6) is 0 Å². The lowest BCUT2D eigenvalue weighted by Gasteiger charge is -2.35. The minimum Gasteiger partial charge on any atom is -0.480 e. The molecular weight excluding hydrogens is 244 g/mol. The molecule has 0 heterocycles. The van der Waals surface area contributed by atoms with Crippen LogP contribution >= 0.6 is 0 Å². The maximum absolute atomic E-state index is 12.2. The molecular formula is C14H22N2O3. The molecule has 5 heteroatoms. The molecule has 0 unspecified atom stereocenters. The van der Waals surface area contributed by atoms with Gasteiger partial charge in [0.15, 0.2) is 0 Å². The Balaban J connectivity index is 2.77. The van der Waals surface area contributed by atoms with Crippen molar-refractivity contribution in [2.24, 2.45) is 0 Å². The Kier molecular flexibility index (Phi) is 5.60. The van der Waals surface area contributed by atoms with Crippen molar-refractivity contribution in [2.75, 3.05) is 13.1 Å². The van der Waals surface area contributed by atoms with Gasteiger partial charge in [-0.2, -0.15) is 0 Å². The molecule has 1 fully saturated rings. The number of nitrogens with zero attached hydrogens (tertiary/aromatic N) is 1. The third kappa shape index (κ3) is 3.84. The van der Waals surface area contributed by atoms with Crippen molar-refractivity contribution >= 4 is 12.0 Å². The van der Waals surface area contributed by atoms with E-state index in [0.717, 1.165) is 19.3 Å². The summed E-state index contributed by atoms with van der Waals surface area (Å²) in [4.78, 5) is 25.1. The highest BCUT2D eigenvalue weighted by atomic mass is 16.4. The molecule has 0 atom stereocenters. The molecule has 2 N–H and O–H groups in total. The SMILES string of the molecule is C=CCN(CC=C)C(=O)NC1(C(=O)O)CCCCC1. The summed E-state index contributed by atoms with van der Waals surface area (Å²) in [5.41, 5.74) is -1.12. The van der Waals surface area contributed by atoms with Gasteiger partial charge in [0.25, 0.3) is 0 Å². The van der Waals surface area contributed by atoms with Crippen LogP contribution in [-0.4, -0.2) is 40.6 Å². The maximum atomic E-state index is 12.2. The third-order valence-electron chi connectivity index (χ3n) is 3.45. The molecule has 1 aliphatic rings. The van der Waals surface area contributed by atoms with Gasteiger partial charge in [0, 0.05) is 13.1 Å². The molecule has 1 aliphatic carbocycles. The highest BCUT2D eigenvalue weighted by Crippen LogP contribution is 2.28. The third-order valence-corrected chi connectivity index (χ3v) is 3.45. The van der Waals surface area contributed by atoms with E-state index in [1.807, 2.05) is 0 Å². The van der Waals surface area contributed by atoms with E-state index in [-0.39, 0.29) is 6.03 Å². The number of hydrogen-bond acceptors (Lipinski definition) is 2. The van der Waals surface area contributed by atoms with Crippen LogP contribution in [0.15, 0.2) is 25.3 Å². The summed E-state index contributed by atoms with van der Waals surface area (Å²) in [6.45, 7) is 7.92. The van der Waals surface area contributed by atoms with Gasteiger partial charge >= 0.3 is 12.0 Å². The summed E-state index contributed by atoms with van der Waals surface area (Å²) in [6.07, 6.45) is 6.88. The molecule has 0 radical (unpaired) electrons. The summed E-state index contributed by atoms with van der Waals surface area (Å²) in [6, 6.07) is -0.371. The first-order valence-corrected chi connectivity index (χ1v) is 6.58. The van der Waals surface area contributed by atoms with Gasteiger partial charge in [-0.05, 0) is 12.8 Å². The first-order chi connectivity index (χ1) is 9.05. The number of aliphatic carboxylic acids is 1. The van der Waals surface area contributed by atoms with Crippen LogP contribution < -0.4 is 5.32 Å². The van der Waals surface area contributed by atoms with E-state index >= 15 is 0 Å². The molecule has 19 heavy (non-hydrogen) atoms. The molecule has 0 aliphatic heterocycles. The van der Waals surface area contributed by atoms with Crippen LogP contribution in [0, 0.1) is 0 Å². The van der Waals surface area contributed by atoms with Gasteiger partial charge < -0.3 is 15.3 Å². The van der Waals surface area contributed by atoms with Crippen LogP contribution in [0.4, 0.5) is 4.79 Å². The fraction of sp³-hybridized carbons (Fsp3) is 0.571. The zero-order valence-electron chi connectivity index (χ0n) is 11.2. The fourth-order valence-electron chi connectivity index (χ4n) is 2.38. The number of amides is 2. The van der Waals surface area contributed by atoms with E-state index < -0.39 is 11.5 Å². The van der Waals surface area contributed by atoms with Crippen LogP contribution in [-0.2, 0) is 4.79 Å². The molecule has 0 aromatic carbocycles. The van der Waals surface area contributed by atoms with Crippen LogP contribution in [0.3, 0.4) is 0 Å². The van der Waals surface area contributed by atoms with Crippen molar-refractivity contribution in [1.29, 1.82) is 0 Å². The van der Waals surface area contributed by atoms with Gasteiger partial charge in [0.1, 0.15) is 5.54 Å². The summed E-state index contributed by atoms with van der Waals surface area (Å²) in [5.74, 6) is -0.947. The molecule has 0 aromatic rings. The Morgan fingerprint density at radius 3 is 2.11 bits per heavy atom. The quantitative estimate of drug-likeness (QED) is 0.724. The maximum Gasteiger partial charge on any atom is 0.329 e. The summed E-state index contributed by atoms with van der Waals surface area (Å²) in [7, 11) is 0. The molecule has 0 spiro atoms. The van der Waals surface area contributed by atoms with Crippen LogP contribution in [0.2, 0.25) is 0 Å². The summed E-state index contributed by atoms with van der Waals surface area (Å²) < 4.78 is 0. The van der Waals surface area contributed by atoms with Crippen molar-refractivity contribution in [3.8, 4) is 0 Å². The Morgan fingerprint density at radius 1 is 1.16 bits per heavy atom. The monoisotopic (exact) mass is 266 g/mol. The van der Waals surface area contributed by atoms with Gasteiger partial charge in [0.2, 0.25) is 0 Å². The molecule has 106 valence electrons. The number of rotatable bonds is 6. The van der Waals surface area contributed by atoms with Gasteiger partial charge in [-0.3, -0.25) is 0 Å². The lowest BCUT2D eigenvalue weighted by atomic mass is 9.82. The topological polar surface area (TPSA) is 69.6 Å². The second-order valence-corrected chi connectivity index (χ2v) is 4.86. The average Bonchev–Trinajstić information content (AvgIpc) is 2.39. The van der Waals surface area contributed by atoms with E-state index in [1.165, 1.54) is 4.90 Å². The molecule has 0 saturated heterocycles. The number of carboxylic acids is 1. The first-order valence-electron chi connectivity index (χ1n) is 6.58. The number of hydrogen-bond donors (Lipinski definition) is 2. The zero-order chi connectivity index (χ0) is 14.3. The smallest absolute Gasteiger partial charge is 0.329 e. The van der Waals surface area contributed by atoms with Gasteiger partial charge in [-0.25, -0.2) is 9.59 Å². The van der Waals surface area contributed by atoms with Crippen LogP contribution in [0.25, 0.3) is 0 Å². The Hall–Kier alpha value is -1.78. The Morgan fingerprint density at radius 2 is 1.68 bits per heavy atom. The fourth-order valence-corrected chi connectivity index (χ4v) is 2.38. The van der Waals surface area contributed by atoms with E-state index in [2.05, 4.69) is 18.5 Å². The average molecular weight is 266 g/mol. The van der Waals surface area contributed by atoms with Gasteiger partial charge in [0.05, 0.1) is 0 Å². The standard InChI is InChI=1S/C14H22N2O3/c1-3-10-16(11-4-2)13(19)15-14(12(17)18)8-6-5-7-9-14/h3-4H,1-2,5-11H2,(H,15,19)(H,17,18). The molecule has 2 amide bonds. The van der Waals surface area contributed by atoms with Crippen molar-refractivity contribution in [1.82, 2.24) is 10.2 Å². The minimum atomic E-state index is -1.12. The zero-order valence-corrected chi connectivity index (χ0v) is 11.2. The molecule has 1 rings (SSSR count). The minimum absolute atomic E-state index is 0.369. The molecule has 0 bridgehead atoms. The normalized spacial score (nSPS) is 17.3. The number of carbonyl (C=O) groups is 2. The highest BCUT2D eigenvalue weighted by molar-refractivity contribution is 5.86. The Labute approximate surface area is 114 Å². The first kappa shape index (κ1) is 15.3. The second-order valence-electron chi connectivity index (χ2n) is 4.86. The van der Waals surface area contributed by atoms with Crippen molar-refractivity contribution in [3.63, 3.8) is 0 Å². The van der Waals surface area contributed by atoms with E-state index in [4.69, 9.17) is 0 Å². The second kappa shape index (κ2) is 6.97. The number of nitrogens with one attached hydrogen (secondary N) is 1. The van der Waals surface area contributed by atoms with E-state index in [0.29, 0.717) is 25.9 Å². The number of urea groups is 1. The summed E-state index contributed by atoms with van der Waals surface area (Å²) >= 11 is 0. The predicted octanol–water partition coefficient (Wildman–Crippen LogP) is 2.16. The van der Waals surface area contributed by atoms with Gasteiger partial charge in [-0.15, -0.1) is 13.2 Å². The van der Waals surface area contributed by atoms with E-state index in [1.54, 1.807) is 12.2 Å². The number of carboxylic acid groups (broad SMARTS) is 1. The highest BCUT2D eigenvalue weighted by Gasteiger charge is 2.41. The van der Waals surface area contributed by atoms with E-state index in [9.17, 15) is 14.7 Å². The number of carbonyl (C=O) groups excluding carboxylic acids is 1. The molecule has 1 saturated carbocycles. The lowest BCUT2D eigenvalue weighted by Crippen LogP contribution is -2.58. The molecule has 5 nitrogen and oxygen atoms in total. The van der Waals surface area contributed by atoms with Crippen molar-refractivity contribution in [2.45, 2.75) is 37.6 Å². The van der Waals surface area contributed by atoms with Gasteiger partial charge in [-0.1, -0.05) is 31.4 Å². The molecule has 0 aromatic heterocycles. The Bertz CT molecular complexity index is 350. The van der Waals surface area contributed by atoms with Crippen LogP contribution in [0.1, 0.15) is 32.1 Å². The summed E-state index contributed by atoms with van der Waals surface area (Å²) in [5, 5.41) is 12.1.